The van der Waals surface area contributed by atoms with Gasteiger partial charge in [0, 0.05) is 24.2 Å². The van der Waals surface area contributed by atoms with Crippen LogP contribution in [0.3, 0.4) is 0 Å². The van der Waals surface area contributed by atoms with Crippen LogP contribution in [0.25, 0.3) is 0 Å². The first-order valence-electron chi connectivity index (χ1n) is 11.1. The topological polar surface area (TPSA) is 81.8 Å². The van der Waals surface area contributed by atoms with E-state index in [1.807, 2.05) is 67.5 Å². The highest BCUT2D eigenvalue weighted by molar-refractivity contribution is 6.05. The summed E-state index contributed by atoms with van der Waals surface area (Å²) in [5.41, 5.74) is 2.44. The van der Waals surface area contributed by atoms with Crippen molar-refractivity contribution in [2.45, 2.75) is 37.4 Å². The third kappa shape index (κ3) is 4.99. The molecule has 1 aliphatic carbocycles. The molecular weight excluding hydrogens is 404 g/mol. The quantitative estimate of drug-likeness (QED) is 0.630. The van der Waals surface area contributed by atoms with Crippen LogP contribution in [0, 0.1) is 0 Å². The van der Waals surface area contributed by atoms with Gasteiger partial charge in [0.25, 0.3) is 5.91 Å². The molecule has 1 fully saturated rings. The molecule has 7 heteroatoms. The molecule has 1 saturated carbocycles. The Labute approximate surface area is 188 Å². The fraction of sp³-hybridized carbons (Fsp3) is 0.400. The van der Waals surface area contributed by atoms with Gasteiger partial charge in [-0.05, 0) is 50.6 Å². The molecule has 2 N–H and O–H groups in total. The zero-order chi connectivity index (χ0) is 22.7. The molecule has 2 unspecified atom stereocenters. The van der Waals surface area contributed by atoms with Crippen molar-refractivity contribution in [3.8, 4) is 0 Å². The minimum absolute atomic E-state index is 0.0754. The standard InChI is InChI=1S/C25H30N4O3/c1-28(2)16-18(14-17-8-4-3-5-9-17)27-22(30)15-26-24(31)23-20-10-6-7-11-21(20)25(32)29(23)19-12-13-19/h3-11,18-19,23H,12-16H2,1-2H3,(H,26,31)(H,27,30). The van der Waals surface area contributed by atoms with E-state index in [2.05, 4.69) is 10.6 Å². The van der Waals surface area contributed by atoms with Crippen LogP contribution in [-0.4, -0.2) is 66.8 Å². The van der Waals surface area contributed by atoms with E-state index in [-0.39, 0.29) is 36.3 Å². The number of amides is 3. The van der Waals surface area contributed by atoms with Crippen LogP contribution in [0.1, 0.15) is 40.4 Å². The summed E-state index contributed by atoms with van der Waals surface area (Å²) in [4.78, 5) is 42.2. The lowest BCUT2D eigenvalue weighted by atomic mass is 10.0. The van der Waals surface area contributed by atoms with Crippen molar-refractivity contribution in [3.05, 3.63) is 71.3 Å². The van der Waals surface area contributed by atoms with Crippen LogP contribution < -0.4 is 10.6 Å². The normalized spacial score (nSPS) is 18.4. The molecule has 2 aromatic carbocycles. The minimum Gasteiger partial charge on any atom is -0.350 e. The Hall–Kier alpha value is -3.19. The summed E-state index contributed by atoms with van der Waals surface area (Å²) in [6, 6.07) is 16.6. The molecule has 2 aromatic rings. The fourth-order valence-electron chi connectivity index (χ4n) is 4.38. The van der Waals surface area contributed by atoms with Crippen molar-refractivity contribution in [1.82, 2.24) is 20.4 Å². The molecule has 1 aliphatic heterocycles. The third-order valence-corrected chi connectivity index (χ3v) is 5.89. The second-order valence-corrected chi connectivity index (χ2v) is 8.87. The van der Waals surface area contributed by atoms with Crippen molar-refractivity contribution in [3.63, 3.8) is 0 Å². The molecule has 0 spiro atoms. The van der Waals surface area contributed by atoms with Crippen LogP contribution in [0.2, 0.25) is 0 Å². The van der Waals surface area contributed by atoms with Gasteiger partial charge in [0.05, 0.1) is 6.54 Å². The van der Waals surface area contributed by atoms with Gasteiger partial charge in [0.15, 0.2) is 0 Å². The maximum Gasteiger partial charge on any atom is 0.255 e. The Balaban J connectivity index is 1.38. The highest BCUT2D eigenvalue weighted by atomic mass is 16.2. The zero-order valence-corrected chi connectivity index (χ0v) is 18.6. The summed E-state index contributed by atoms with van der Waals surface area (Å²) in [7, 11) is 3.93. The number of likely N-dealkylation sites (N-methyl/N-ethyl adjacent to an activating group) is 1. The number of benzene rings is 2. The maximum atomic E-state index is 13.1. The summed E-state index contributed by atoms with van der Waals surface area (Å²) in [5.74, 6) is -0.643. The summed E-state index contributed by atoms with van der Waals surface area (Å²) in [5, 5.41) is 5.80. The van der Waals surface area contributed by atoms with Crippen molar-refractivity contribution >= 4 is 17.7 Å². The number of hydrogen-bond donors (Lipinski definition) is 2. The predicted molar refractivity (Wildman–Crippen MR) is 122 cm³/mol. The van der Waals surface area contributed by atoms with Gasteiger partial charge in [-0.15, -0.1) is 0 Å². The second kappa shape index (κ2) is 9.53. The number of hydrogen-bond acceptors (Lipinski definition) is 4. The van der Waals surface area contributed by atoms with E-state index >= 15 is 0 Å². The van der Waals surface area contributed by atoms with E-state index in [9.17, 15) is 14.4 Å². The monoisotopic (exact) mass is 434 g/mol. The van der Waals surface area contributed by atoms with Gasteiger partial charge < -0.3 is 20.4 Å². The highest BCUT2D eigenvalue weighted by Gasteiger charge is 2.47. The Bertz CT molecular complexity index is 988. The third-order valence-electron chi connectivity index (χ3n) is 5.89. The van der Waals surface area contributed by atoms with E-state index in [4.69, 9.17) is 0 Å². The lowest BCUT2D eigenvalue weighted by Crippen LogP contribution is -2.48. The number of rotatable bonds is 9. The molecule has 32 heavy (non-hydrogen) atoms. The predicted octanol–water partition coefficient (Wildman–Crippen LogP) is 1.75. The Morgan fingerprint density at radius 2 is 1.75 bits per heavy atom. The first kappa shape index (κ1) is 22.0. The SMILES string of the molecule is CN(C)CC(Cc1ccccc1)NC(=O)CNC(=O)C1c2ccccc2C(=O)N1C1CC1. The number of fused-ring (bicyclic) bond motifs is 1. The van der Waals surface area contributed by atoms with Crippen LogP contribution in [-0.2, 0) is 16.0 Å². The van der Waals surface area contributed by atoms with Crippen molar-refractivity contribution in [2.24, 2.45) is 0 Å². The Morgan fingerprint density at radius 3 is 2.44 bits per heavy atom. The number of carbonyl (C=O) groups excluding carboxylic acids is 3. The van der Waals surface area contributed by atoms with Crippen LogP contribution in [0.5, 0.6) is 0 Å². The van der Waals surface area contributed by atoms with Gasteiger partial charge in [-0.1, -0.05) is 48.5 Å². The largest absolute Gasteiger partial charge is 0.350 e. The molecule has 3 amide bonds. The van der Waals surface area contributed by atoms with Crippen LogP contribution >= 0.6 is 0 Å². The maximum absolute atomic E-state index is 13.1. The summed E-state index contributed by atoms with van der Waals surface area (Å²) in [6.45, 7) is 0.567. The molecule has 168 valence electrons. The van der Waals surface area contributed by atoms with E-state index in [1.54, 1.807) is 11.0 Å². The molecule has 4 rings (SSSR count). The first-order valence-corrected chi connectivity index (χ1v) is 11.1. The summed E-state index contributed by atoms with van der Waals surface area (Å²) >= 11 is 0. The Morgan fingerprint density at radius 1 is 1.06 bits per heavy atom. The van der Waals surface area contributed by atoms with Gasteiger partial charge in [-0.25, -0.2) is 0 Å². The van der Waals surface area contributed by atoms with Gasteiger partial charge in [-0.2, -0.15) is 0 Å². The van der Waals surface area contributed by atoms with Gasteiger partial charge in [0.1, 0.15) is 6.04 Å². The molecule has 7 nitrogen and oxygen atoms in total. The second-order valence-electron chi connectivity index (χ2n) is 8.87. The molecule has 0 saturated heterocycles. The number of nitrogens with zero attached hydrogens (tertiary/aromatic N) is 2. The smallest absolute Gasteiger partial charge is 0.255 e. The molecule has 2 atom stereocenters. The molecule has 0 bridgehead atoms. The van der Waals surface area contributed by atoms with Gasteiger partial charge >= 0.3 is 0 Å². The minimum atomic E-state index is -0.666. The van der Waals surface area contributed by atoms with Crippen LogP contribution in [0.4, 0.5) is 0 Å². The van der Waals surface area contributed by atoms with E-state index in [0.717, 1.165) is 24.0 Å². The lowest BCUT2D eigenvalue weighted by Gasteiger charge is -2.25. The highest BCUT2D eigenvalue weighted by Crippen LogP contribution is 2.41. The molecule has 1 heterocycles. The number of carbonyl (C=O) groups is 3. The van der Waals surface area contributed by atoms with Crippen LogP contribution in [0.15, 0.2) is 54.6 Å². The molecule has 0 radical (unpaired) electrons. The van der Waals surface area contributed by atoms with E-state index < -0.39 is 6.04 Å². The van der Waals surface area contributed by atoms with E-state index in [1.165, 1.54) is 0 Å². The fourth-order valence-corrected chi connectivity index (χ4v) is 4.38. The average molecular weight is 435 g/mol. The molecule has 0 aromatic heterocycles. The van der Waals surface area contributed by atoms with E-state index in [0.29, 0.717) is 18.5 Å². The zero-order valence-electron chi connectivity index (χ0n) is 18.6. The number of nitrogens with one attached hydrogen (secondary N) is 2. The lowest BCUT2D eigenvalue weighted by molar-refractivity contribution is -0.129. The first-order chi connectivity index (χ1) is 15.4. The average Bonchev–Trinajstić information content (AvgIpc) is 3.56. The van der Waals surface area contributed by atoms with Gasteiger partial charge in [0.2, 0.25) is 11.8 Å². The van der Waals surface area contributed by atoms with Gasteiger partial charge in [-0.3, -0.25) is 14.4 Å². The summed E-state index contributed by atoms with van der Waals surface area (Å²) < 4.78 is 0. The van der Waals surface area contributed by atoms with Crippen molar-refractivity contribution < 1.29 is 14.4 Å². The van der Waals surface area contributed by atoms with Crippen molar-refractivity contribution in [1.29, 1.82) is 0 Å². The summed E-state index contributed by atoms with van der Waals surface area (Å²) in [6.07, 6.45) is 2.53. The molecular formula is C25H30N4O3. The Kier molecular flexibility index (Phi) is 6.55. The molecule has 2 aliphatic rings. The van der Waals surface area contributed by atoms with Crippen molar-refractivity contribution in [2.75, 3.05) is 27.2 Å².